The predicted octanol–water partition coefficient (Wildman–Crippen LogP) is 2.41. The monoisotopic (exact) mass is 258 g/mol. The Bertz CT molecular complexity index is 374. The molecule has 88 valence electrons. The molecule has 16 heavy (non-hydrogen) atoms. The van der Waals surface area contributed by atoms with Crippen molar-refractivity contribution in [2.75, 3.05) is 17.3 Å². The van der Waals surface area contributed by atoms with Crippen LogP contribution in [0.5, 0.6) is 0 Å². The lowest BCUT2D eigenvalue weighted by Gasteiger charge is -2.14. The lowest BCUT2D eigenvalue weighted by Crippen LogP contribution is -2.18. The number of halogens is 1. The van der Waals surface area contributed by atoms with Gasteiger partial charge in [0, 0.05) is 11.3 Å². The molecule has 1 aliphatic carbocycles. The third kappa shape index (κ3) is 2.52. The molecule has 2 unspecified atom stereocenters. The second-order valence-corrected chi connectivity index (χ2v) is 5.43. The average molecular weight is 259 g/mol. The molecule has 4 nitrogen and oxygen atoms in total. The number of hydrogen-bond donors (Lipinski definition) is 2. The van der Waals surface area contributed by atoms with E-state index in [1.807, 2.05) is 11.8 Å². The average Bonchev–Trinajstić information content (AvgIpc) is 2.73. The summed E-state index contributed by atoms with van der Waals surface area (Å²) in [5.74, 6) is 0.659. The summed E-state index contributed by atoms with van der Waals surface area (Å²) in [5, 5.41) is 4.40. The van der Waals surface area contributed by atoms with Crippen LogP contribution in [-0.4, -0.2) is 27.5 Å². The Morgan fingerprint density at radius 3 is 3.00 bits per heavy atom. The minimum Gasteiger partial charge on any atom is -0.393 e. The Kier molecular flexibility index (Phi) is 3.76. The molecule has 0 bridgehead atoms. The lowest BCUT2D eigenvalue weighted by molar-refractivity contribution is 0.752. The number of hydrogen-bond acceptors (Lipinski definition) is 5. The molecule has 1 aromatic heterocycles. The van der Waals surface area contributed by atoms with Crippen molar-refractivity contribution in [1.29, 1.82) is 0 Å². The van der Waals surface area contributed by atoms with E-state index in [1.54, 1.807) is 0 Å². The van der Waals surface area contributed by atoms with Crippen molar-refractivity contribution in [3.63, 3.8) is 0 Å². The Balaban J connectivity index is 2.02. The molecule has 1 aliphatic rings. The fraction of sp³-hybridized carbons (Fsp3) is 0.600. The van der Waals surface area contributed by atoms with Crippen molar-refractivity contribution in [3.8, 4) is 0 Å². The van der Waals surface area contributed by atoms with E-state index < -0.39 is 0 Å². The zero-order valence-corrected chi connectivity index (χ0v) is 10.7. The van der Waals surface area contributed by atoms with Crippen molar-refractivity contribution in [1.82, 2.24) is 9.97 Å². The van der Waals surface area contributed by atoms with Crippen molar-refractivity contribution in [2.45, 2.75) is 30.6 Å². The first-order valence-electron chi connectivity index (χ1n) is 5.26. The highest BCUT2D eigenvalue weighted by Crippen LogP contribution is 2.31. The molecule has 3 N–H and O–H groups in total. The van der Waals surface area contributed by atoms with Gasteiger partial charge < -0.3 is 11.1 Å². The molecule has 0 spiro atoms. The minimum atomic E-state index is 0.317. The molecule has 1 aromatic rings. The zero-order chi connectivity index (χ0) is 11.5. The van der Waals surface area contributed by atoms with Gasteiger partial charge in [-0.2, -0.15) is 11.8 Å². The Morgan fingerprint density at radius 2 is 2.31 bits per heavy atom. The molecule has 0 saturated heterocycles. The predicted molar refractivity (Wildman–Crippen MR) is 70.0 cm³/mol. The largest absolute Gasteiger partial charge is 0.393 e. The van der Waals surface area contributed by atoms with Gasteiger partial charge in [0.05, 0.1) is 0 Å². The summed E-state index contributed by atoms with van der Waals surface area (Å²) in [6.45, 7) is 0. The normalized spacial score (nSPS) is 24.6. The van der Waals surface area contributed by atoms with Crippen molar-refractivity contribution < 1.29 is 0 Å². The number of thioether (sulfide) groups is 1. The molecule has 2 rings (SSSR count). The van der Waals surface area contributed by atoms with E-state index in [4.69, 9.17) is 17.3 Å². The van der Waals surface area contributed by atoms with Gasteiger partial charge in [-0.15, -0.1) is 0 Å². The SMILES string of the molecule is CSC1CCC(Nc2ncnc(Cl)c2N)C1. The molecular formula is C10H15ClN4S. The molecule has 0 radical (unpaired) electrons. The van der Waals surface area contributed by atoms with E-state index >= 15 is 0 Å². The number of nitrogens with one attached hydrogen (secondary N) is 1. The molecule has 0 aromatic carbocycles. The highest BCUT2D eigenvalue weighted by Gasteiger charge is 2.24. The van der Waals surface area contributed by atoms with Gasteiger partial charge >= 0.3 is 0 Å². The number of nitrogens with zero attached hydrogens (tertiary/aromatic N) is 2. The molecule has 6 heteroatoms. The Hall–Kier alpha value is -0.680. The van der Waals surface area contributed by atoms with Gasteiger partial charge in [0.25, 0.3) is 0 Å². The van der Waals surface area contributed by atoms with Gasteiger partial charge in [-0.1, -0.05) is 11.6 Å². The van der Waals surface area contributed by atoms with Gasteiger partial charge in [-0.25, -0.2) is 9.97 Å². The molecule has 0 amide bonds. The second-order valence-electron chi connectivity index (χ2n) is 3.94. The Morgan fingerprint density at radius 1 is 1.50 bits per heavy atom. The van der Waals surface area contributed by atoms with Crippen LogP contribution >= 0.6 is 23.4 Å². The maximum atomic E-state index is 5.84. The summed E-state index contributed by atoms with van der Waals surface area (Å²) in [6, 6.07) is 0.450. The van der Waals surface area contributed by atoms with E-state index in [0.29, 0.717) is 22.7 Å². The van der Waals surface area contributed by atoms with Crippen LogP contribution in [0.4, 0.5) is 11.5 Å². The van der Waals surface area contributed by atoms with Crippen LogP contribution < -0.4 is 11.1 Å². The fourth-order valence-electron chi connectivity index (χ4n) is 1.97. The third-order valence-electron chi connectivity index (χ3n) is 2.89. The Labute approximate surface area is 104 Å². The number of nitrogens with two attached hydrogens (primary N) is 1. The first-order chi connectivity index (χ1) is 7.70. The molecule has 1 heterocycles. The maximum absolute atomic E-state index is 5.84. The molecule has 1 fully saturated rings. The van der Waals surface area contributed by atoms with Crippen LogP contribution in [0, 0.1) is 0 Å². The zero-order valence-electron chi connectivity index (χ0n) is 9.11. The van der Waals surface area contributed by atoms with E-state index in [9.17, 15) is 0 Å². The lowest BCUT2D eigenvalue weighted by atomic mass is 10.2. The smallest absolute Gasteiger partial charge is 0.157 e. The van der Waals surface area contributed by atoms with Crippen molar-refractivity contribution in [3.05, 3.63) is 11.5 Å². The molecule has 1 saturated carbocycles. The second kappa shape index (κ2) is 5.10. The summed E-state index contributed by atoms with van der Waals surface area (Å²) in [7, 11) is 0. The number of nitrogen functional groups attached to an aromatic ring is 1. The van der Waals surface area contributed by atoms with E-state index in [1.165, 1.54) is 12.7 Å². The van der Waals surface area contributed by atoms with Gasteiger partial charge in [-0.3, -0.25) is 0 Å². The van der Waals surface area contributed by atoms with Crippen LogP contribution in [0.15, 0.2) is 6.33 Å². The summed E-state index contributed by atoms with van der Waals surface area (Å²) < 4.78 is 0. The first kappa shape index (κ1) is 11.8. The summed E-state index contributed by atoms with van der Waals surface area (Å²) in [6.07, 6.45) is 7.15. The van der Waals surface area contributed by atoms with Crippen LogP contribution in [0.2, 0.25) is 5.15 Å². The number of aromatic nitrogens is 2. The van der Waals surface area contributed by atoms with Crippen LogP contribution in [0.1, 0.15) is 19.3 Å². The van der Waals surface area contributed by atoms with Gasteiger partial charge in [-0.05, 0) is 25.5 Å². The minimum absolute atomic E-state index is 0.317. The fourth-order valence-corrected chi connectivity index (χ4v) is 2.90. The van der Waals surface area contributed by atoms with E-state index in [2.05, 4.69) is 21.5 Å². The highest BCUT2D eigenvalue weighted by atomic mass is 35.5. The summed E-state index contributed by atoms with van der Waals surface area (Å²) >= 11 is 7.76. The molecular weight excluding hydrogens is 244 g/mol. The van der Waals surface area contributed by atoms with Crippen LogP contribution in [0.3, 0.4) is 0 Å². The highest BCUT2D eigenvalue weighted by molar-refractivity contribution is 7.99. The van der Waals surface area contributed by atoms with Crippen molar-refractivity contribution in [2.24, 2.45) is 0 Å². The standard InChI is InChI=1S/C10H15ClN4S/c1-16-7-3-2-6(4-7)15-10-8(12)9(11)13-5-14-10/h5-7H,2-4,12H2,1H3,(H,13,14,15). The number of rotatable bonds is 3. The topological polar surface area (TPSA) is 63.8 Å². The number of anilines is 2. The van der Waals surface area contributed by atoms with Crippen LogP contribution in [0.25, 0.3) is 0 Å². The van der Waals surface area contributed by atoms with Crippen LogP contribution in [-0.2, 0) is 0 Å². The summed E-state index contributed by atoms with van der Waals surface area (Å²) in [5.41, 5.74) is 6.24. The summed E-state index contributed by atoms with van der Waals surface area (Å²) in [4.78, 5) is 7.95. The first-order valence-corrected chi connectivity index (χ1v) is 6.92. The molecule has 0 aliphatic heterocycles. The van der Waals surface area contributed by atoms with Gasteiger partial charge in [0.2, 0.25) is 0 Å². The van der Waals surface area contributed by atoms with Crippen molar-refractivity contribution >= 4 is 34.9 Å². The van der Waals surface area contributed by atoms with E-state index in [-0.39, 0.29) is 0 Å². The maximum Gasteiger partial charge on any atom is 0.157 e. The van der Waals surface area contributed by atoms with Gasteiger partial charge in [0.15, 0.2) is 11.0 Å². The van der Waals surface area contributed by atoms with E-state index in [0.717, 1.165) is 18.1 Å². The van der Waals surface area contributed by atoms with Gasteiger partial charge in [0.1, 0.15) is 12.0 Å². The molecule has 2 atom stereocenters. The quantitative estimate of drug-likeness (QED) is 0.816. The third-order valence-corrected chi connectivity index (χ3v) is 4.29.